The first-order valence-electron chi connectivity index (χ1n) is 5.32. The third kappa shape index (κ3) is 2.84. The third-order valence-corrected chi connectivity index (χ3v) is 3.13. The molecule has 0 radical (unpaired) electrons. The van der Waals surface area contributed by atoms with Gasteiger partial charge in [-0.15, -0.1) is 11.6 Å². The highest BCUT2D eigenvalue weighted by Gasteiger charge is 2.12. The molecular formula is C14H12ClNS. The Labute approximate surface area is 112 Å². The number of nitrogens with zero attached hydrogens (tertiary/aromatic N) is 1. The zero-order valence-electron chi connectivity index (χ0n) is 9.21. The summed E-state index contributed by atoms with van der Waals surface area (Å²) >= 11 is 11.2. The summed E-state index contributed by atoms with van der Waals surface area (Å²) in [6.45, 7) is 0. The summed E-state index contributed by atoms with van der Waals surface area (Å²) in [4.78, 5) is 2.69. The van der Waals surface area contributed by atoms with Crippen LogP contribution in [0.2, 0.25) is 0 Å². The van der Waals surface area contributed by atoms with Gasteiger partial charge in [-0.25, -0.2) is 0 Å². The Morgan fingerprint density at radius 3 is 1.65 bits per heavy atom. The normalized spacial score (nSPS) is 9.94. The number of halogens is 1. The zero-order valence-corrected chi connectivity index (χ0v) is 10.8. The van der Waals surface area contributed by atoms with Crippen molar-refractivity contribution in [1.82, 2.24) is 0 Å². The van der Waals surface area contributed by atoms with Gasteiger partial charge in [0.25, 0.3) is 0 Å². The van der Waals surface area contributed by atoms with E-state index in [1.165, 1.54) is 0 Å². The van der Waals surface area contributed by atoms with Gasteiger partial charge in [-0.3, -0.25) is 0 Å². The molecule has 0 aliphatic heterocycles. The SMILES string of the molecule is S=C(CCl)N(c1ccccc1)c1ccccc1. The van der Waals surface area contributed by atoms with Crippen LogP contribution in [0.25, 0.3) is 0 Å². The fourth-order valence-electron chi connectivity index (χ4n) is 1.65. The number of benzene rings is 2. The van der Waals surface area contributed by atoms with Crippen molar-refractivity contribution >= 4 is 40.2 Å². The molecule has 0 amide bonds. The molecular weight excluding hydrogens is 250 g/mol. The summed E-state index contributed by atoms with van der Waals surface area (Å²) in [6, 6.07) is 20.0. The van der Waals surface area contributed by atoms with Crippen LogP contribution in [0.1, 0.15) is 0 Å². The first kappa shape index (κ1) is 12.1. The van der Waals surface area contributed by atoms with Crippen LogP contribution in [0.3, 0.4) is 0 Å². The first-order valence-corrected chi connectivity index (χ1v) is 6.26. The summed E-state index contributed by atoms with van der Waals surface area (Å²) in [7, 11) is 0. The minimum absolute atomic E-state index is 0.332. The highest BCUT2D eigenvalue weighted by molar-refractivity contribution is 7.80. The van der Waals surface area contributed by atoms with E-state index in [1.807, 2.05) is 65.6 Å². The molecule has 0 bridgehead atoms. The lowest BCUT2D eigenvalue weighted by atomic mass is 10.2. The smallest absolute Gasteiger partial charge is 0.102 e. The Hall–Kier alpha value is -1.38. The monoisotopic (exact) mass is 261 g/mol. The van der Waals surface area contributed by atoms with Crippen LogP contribution in [0.15, 0.2) is 60.7 Å². The van der Waals surface area contributed by atoms with Crippen molar-refractivity contribution in [2.24, 2.45) is 0 Å². The first-order chi connectivity index (χ1) is 8.33. The number of alkyl halides is 1. The summed E-state index contributed by atoms with van der Waals surface area (Å²) < 4.78 is 0. The van der Waals surface area contributed by atoms with Gasteiger partial charge in [0.15, 0.2) is 0 Å². The Balaban J connectivity index is 2.43. The van der Waals surface area contributed by atoms with Crippen molar-refractivity contribution in [2.45, 2.75) is 0 Å². The van der Waals surface area contributed by atoms with Crippen LogP contribution >= 0.6 is 23.8 Å². The number of hydrogen-bond acceptors (Lipinski definition) is 1. The van der Waals surface area contributed by atoms with Gasteiger partial charge in [-0.05, 0) is 24.3 Å². The lowest BCUT2D eigenvalue weighted by Gasteiger charge is -2.24. The van der Waals surface area contributed by atoms with E-state index < -0.39 is 0 Å². The van der Waals surface area contributed by atoms with Gasteiger partial charge in [0, 0.05) is 11.4 Å². The Bertz CT molecular complexity index is 445. The maximum atomic E-state index is 5.86. The van der Waals surface area contributed by atoms with E-state index in [0.29, 0.717) is 10.9 Å². The minimum atomic E-state index is 0.332. The van der Waals surface area contributed by atoms with Crippen LogP contribution in [-0.4, -0.2) is 10.9 Å². The van der Waals surface area contributed by atoms with E-state index in [1.54, 1.807) is 0 Å². The Morgan fingerprint density at radius 2 is 1.29 bits per heavy atom. The molecule has 0 saturated heterocycles. The lowest BCUT2D eigenvalue weighted by Crippen LogP contribution is -2.25. The van der Waals surface area contributed by atoms with Gasteiger partial charge in [-0.2, -0.15) is 0 Å². The number of thiocarbonyl (C=S) groups is 1. The highest BCUT2D eigenvalue weighted by Crippen LogP contribution is 2.25. The third-order valence-electron chi connectivity index (χ3n) is 2.39. The van der Waals surface area contributed by atoms with E-state index >= 15 is 0 Å². The summed E-state index contributed by atoms with van der Waals surface area (Å²) in [5.41, 5.74) is 2.06. The molecule has 1 nitrogen and oxygen atoms in total. The average Bonchev–Trinajstić information content (AvgIpc) is 2.41. The predicted molar refractivity (Wildman–Crippen MR) is 78.3 cm³/mol. The standard InChI is InChI=1S/C14H12ClNS/c15-11-14(17)16(12-7-3-1-4-8-12)13-9-5-2-6-10-13/h1-10H,11H2. The molecule has 0 aliphatic rings. The Morgan fingerprint density at radius 1 is 0.882 bits per heavy atom. The maximum absolute atomic E-state index is 5.86. The molecule has 0 spiro atoms. The van der Waals surface area contributed by atoms with Crippen LogP contribution in [0, 0.1) is 0 Å². The van der Waals surface area contributed by atoms with E-state index in [0.717, 1.165) is 11.4 Å². The number of hydrogen-bond donors (Lipinski definition) is 0. The Kier molecular flexibility index (Phi) is 4.13. The number of para-hydroxylation sites is 2. The van der Waals surface area contributed by atoms with Gasteiger partial charge in [-0.1, -0.05) is 48.6 Å². The zero-order chi connectivity index (χ0) is 12.1. The van der Waals surface area contributed by atoms with Gasteiger partial charge in [0.05, 0.1) is 5.88 Å². The molecule has 17 heavy (non-hydrogen) atoms. The van der Waals surface area contributed by atoms with Gasteiger partial charge in [0.1, 0.15) is 4.99 Å². The molecule has 0 fully saturated rings. The van der Waals surface area contributed by atoms with Crippen LogP contribution in [0.4, 0.5) is 11.4 Å². The molecule has 0 aliphatic carbocycles. The van der Waals surface area contributed by atoms with Gasteiger partial charge in [0.2, 0.25) is 0 Å². The molecule has 0 aromatic heterocycles. The second-order valence-electron chi connectivity index (χ2n) is 3.53. The molecule has 86 valence electrons. The molecule has 0 unspecified atom stereocenters. The lowest BCUT2D eigenvalue weighted by molar-refractivity contribution is 1.35. The van der Waals surface area contributed by atoms with E-state index in [4.69, 9.17) is 23.8 Å². The van der Waals surface area contributed by atoms with Crippen molar-refractivity contribution in [3.8, 4) is 0 Å². The van der Waals surface area contributed by atoms with Crippen molar-refractivity contribution in [3.63, 3.8) is 0 Å². The topological polar surface area (TPSA) is 3.24 Å². The van der Waals surface area contributed by atoms with E-state index in [9.17, 15) is 0 Å². The molecule has 3 heteroatoms. The molecule has 0 atom stereocenters. The second-order valence-corrected chi connectivity index (χ2v) is 4.27. The summed E-state index contributed by atoms with van der Waals surface area (Å²) in [5, 5.41) is 0. The van der Waals surface area contributed by atoms with Gasteiger partial charge >= 0.3 is 0 Å². The fourth-order valence-corrected chi connectivity index (χ4v) is 1.98. The molecule has 2 aromatic rings. The highest BCUT2D eigenvalue weighted by atomic mass is 35.5. The van der Waals surface area contributed by atoms with Crippen LogP contribution in [-0.2, 0) is 0 Å². The second kappa shape index (κ2) is 5.80. The summed E-state index contributed by atoms with van der Waals surface area (Å²) in [6.07, 6.45) is 0. The fraction of sp³-hybridized carbons (Fsp3) is 0.0714. The van der Waals surface area contributed by atoms with Gasteiger partial charge < -0.3 is 4.90 Å². The van der Waals surface area contributed by atoms with Crippen molar-refractivity contribution in [2.75, 3.05) is 10.8 Å². The molecule has 0 saturated carbocycles. The average molecular weight is 262 g/mol. The van der Waals surface area contributed by atoms with Crippen molar-refractivity contribution < 1.29 is 0 Å². The molecule has 2 aromatic carbocycles. The predicted octanol–water partition coefficient (Wildman–Crippen LogP) is 4.39. The molecule has 0 heterocycles. The minimum Gasteiger partial charge on any atom is -0.304 e. The van der Waals surface area contributed by atoms with Crippen LogP contribution < -0.4 is 4.90 Å². The van der Waals surface area contributed by atoms with E-state index in [-0.39, 0.29) is 0 Å². The maximum Gasteiger partial charge on any atom is 0.102 e. The van der Waals surface area contributed by atoms with Crippen molar-refractivity contribution in [1.29, 1.82) is 0 Å². The quantitative estimate of drug-likeness (QED) is 0.595. The molecule has 2 rings (SSSR count). The summed E-state index contributed by atoms with van der Waals surface area (Å²) in [5.74, 6) is 0.332. The van der Waals surface area contributed by atoms with Crippen LogP contribution in [0.5, 0.6) is 0 Å². The molecule has 0 N–H and O–H groups in total. The van der Waals surface area contributed by atoms with E-state index in [2.05, 4.69) is 0 Å². The van der Waals surface area contributed by atoms with Crippen molar-refractivity contribution in [3.05, 3.63) is 60.7 Å². The largest absolute Gasteiger partial charge is 0.304 e. The number of rotatable bonds is 3. The number of anilines is 2.